The van der Waals surface area contributed by atoms with E-state index in [1.165, 1.54) is 18.2 Å². The van der Waals surface area contributed by atoms with Crippen LogP contribution in [0.15, 0.2) is 47.5 Å². The van der Waals surface area contributed by atoms with E-state index >= 15 is 0 Å². The number of fused-ring (bicyclic) bond motifs is 2. The van der Waals surface area contributed by atoms with Crippen molar-refractivity contribution in [1.29, 1.82) is 0 Å². The molecule has 1 aromatic heterocycles. The van der Waals surface area contributed by atoms with Gasteiger partial charge in [-0.2, -0.15) is 0 Å². The number of aliphatic imine (C=N–C) groups is 1. The second-order valence-electron chi connectivity index (χ2n) is 5.57. The molecule has 120 valence electrons. The summed E-state index contributed by atoms with van der Waals surface area (Å²) in [6.07, 6.45) is 0.416. The normalized spacial score (nSPS) is 13.3. The molecule has 0 bridgehead atoms. The van der Waals surface area contributed by atoms with Crippen LogP contribution < -0.4 is 5.32 Å². The number of amides is 1. The summed E-state index contributed by atoms with van der Waals surface area (Å²) in [5, 5.41) is 2.54. The maximum atomic E-state index is 11.3. The maximum Gasteiger partial charge on any atom is 0.413 e. The Bertz CT molecular complexity index is 959. The fourth-order valence-electron chi connectivity index (χ4n) is 2.95. The fourth-order valence-corrected chi connectivity index (χ4v) is 2.95. The zero-order valence-electron chi connectivity index (χ0n) is 13.2. The van der Waals surface area contributed by atoms with E-state index in [9.17, 15) is 4.79 Å². The number of carbonyl (C=O) groups excluding carboxylic acids is 1. The first kappa shape index (κ1) is 14.4. The number of imidazole rings is 1. The van der Waals surface area contributed by atoms with Crippen molar-refractivity contribution in [3.63, 3.8) is 0 Å². The van der Waals surface area contributed by atoms with Gasteiger partial charge in [0, 0.05) is 17.7 Å². The molecule has 0 spiro atoms. The van der Waals surface area contributed by atoms with Gasteiger partial charge in [-0.3, -0.25) is 10.3 Å². The highest BCUT2D eigenvalue weighted by atomic mass is 16.5. The van der Waals surface area contributed by atoms with Crippen molar-refractivity contribution < 1.29 is 9.53 Å². The number of aromatic amines is 1. The highest BCUT2D eigenvalue weighted by Crippen LogP contribution is 2.23. The zero-order chi connectivity index (χ0) is 16.5. The monoisotopic (exact) mass is 320 g/mol. The Morgan fingerprint density at radius 1 is 1.25 bits per heavy atom. The average Bonchev–Trinajstić information content (AvgIpc) is 3.02. The van der Waals surface area contributed by atoms with Gasteiger partial charge in [-0.15, -0.1) is 0 Å². The third-order valence-corrected chi connectivity index (χ3v) is 4.08. The number of nitrogens with zero attached hydrogens (tertiary/aromatic N) is 2. The lowest BCUT2D eigenvalue weighted by Crippen LogP contribution is -2.13. The van der Waals surface area contributed by atoms with Gasteiger partial charge in [0.2, 0.25) is 5.95 Å². The number of methoxy groups -OCH3 is 1. The van der Waals surface area contributed by atoms with E-state index in [1.807, 2.05) is 24.3 Å². The van der Waals surface area contributed by atoms with E-state index in [1.54, 1.807) is 0 Å². The van der Waals surface area contributed by atoms with Crippen LogP contribution in [0.1, 0.15) is 16.7 Å². The molecule has 0 saturated heterocycles. The van der Waals surface area contributed by atoms with Gasteiger partial charge in [0.25, 0.3) is 0 Å². The van der Waals surface area contributed by atoms with Gasteiger partial charge in [-0.1, -0.05) is 30.3 Å². The van der Waals surface area contributed by atoms with Crippen molar-refractivity contribution in [2.24, 2.45) is 4.99 Å². The minimum Gasteiger partial charge on any atom is -0.453 e. The quantitative estimate of drug-likeness (QED) is 0.761. The molecule has 0 radical (unpaired) electrons. The van der Waals surface area contributed by atoms with Crippen LogP contribution in [-0.2, 0) is 11.2 Å². The predicted molar refractivity (Wildman–Crippen MR) is 92.8 cm³/mol. The number of carbonyl (C=O) groups is 1. The summed E-state index contributed by atoms with van der Waals surface area (Å²) in [7, 11) is 1.31. The van der Waals surface area contributed by atoms with Gasteiger partial charge in [0.1, 0.15) is 0 Å². The number of anilines is 1. The molecule has 6 nitrogen and oxygen atoms in total. The number of rotatable bonds is 2. The van der Waals surface area contributed by atoms with E-state index in [0.717, 1.165) is 35.3 Å². The van der Waals surface area contributed by atoms with Crippen molar-refractivity contribution in [2.45, 2.75) is 6.42 Å². The minimum absolute atomic E-state index is 0.361. The summed E-state index contributed by atoms with van der Waals surface area (Å²) < 4.78 is 4.58. The molecule has 4 rings (SSSR count). The standard InChI is InChI=1S/C18H16N4O2/c1-24-18(23)22-17-20-14-7-6-12(10-15(14)21-17)16-13-5-3-2-4-11(13)8-9-19-16/h2-7,10H,8-9H2,1H3,(H2,20,21,22,23). The molecule has 0 saturated carbocycles. The Kier molecular flexibility index (Phi) is 3.49. The summed E-state index contributed by atoms with van der Waals surface area (Å²) in [4.78, 5) is 23.4. The Morgan fingerprint density at radius 2 is 2.12 bits per heavy atom. The first-order chi connectivity index (χ1) is 11.7. The molecular weight excluding hydrogens is 304 g/mol. The summed E-state index contributed by atoms with van der Waals surface area (Å²) in [6.45, 7) is 0.794. The molecule has 0 atom stereocenters. The van der Waals surface area contributed by atoms with Crippen LogP contribution in [0.3, 0.4) is 0 Å². The van der Waals surface area contributed by atoms with Crippen molar-refractivity contribution in [1.82, 2.24) is 9.97 Å². The molecule has 1 aliphatic heterocycles. The van der Waals surface area contributed by atoms with Crippen molar-refractivity contribution in [2.75, 3.05) is 19.0 Å². The number of hydrogen-bond acceptors (Lipinski definition) is 4. The van der Waals surface area contributed by atoms with Crippen LogP contribution in [0.2, 0.25) is 0 Å². The van der Waals surface area contributed by atoms with E-state index in [2.05, 4.69) is 38.2 Å². The molecule has 0 fully saturated rings. The summed E-state index contributed by atoms with van der Waals surface area (Å²) in [6, 6.07) is 14.3. The number of nitrogens with one attached hydrogen (secondary N) is 2. The Labute approximate surface area is 138 Å². The molecule has 1 amide bonds. The summed E-state index contributed by atoms with van der Waals surface area (Å²) >= 11 is 0. The van der Waals surface area contributed by atoms with E-state index in [4.69, 9.17) is 4.99 Å². The van der Waals surface area contributed by atoms with E-state index in [0.29, 0.717) is 5.95 Å². The molecule has 0 unspecified atom stereocenters. The number of aromatic nitrogens is 2. The Morgan fingerprint density at radius 3 is 3.00 bits per heavy atom. The first-order valence-electron chi connectivity index (χ1n) is 7.72. The third-order valence-electron chi connectivity index (χ3n) is 4.08. The molecule has 0 aliphatic carbocycles. The molecule has 24 heavy (non-hydrogen) atoms. The minimum atomic E-state index is -0.556. The van der Waals surface area contributed by atoms with E-state index < -0.39 is 6.09 Å². The molecule has 3 aromatic rings. The van der Waals surface area contributed by atoms with Gasteiger partial charge in [-0.05, 0) is 24.1 Å². The predicted octanol–water partition coefficient (Wildman–Crippen LogP) is 3.13. The summed E-state index contributed by atoms with van der Waals surface area (Å²) in [5.41, 5.74) is 6.13. The van der Waals surface area contributed by atoms with E-state index in [-0.39, 0.29) is 0 Å². The molecular formula is C18H16N4O2. The molecule has 2 N–H and O–H groups in total. The third kappa shape index (κ3) is 2.52. The maximum absolute atomic E-state index is 11.3. The van der Waals surface area contributed by atoms with Gasteiger partial charge >= 0.3 is 6.09 Å². The van der Waals surface area contributed by atoms with Crippen LogP contribution in [0.4, 0.5) is 10.7 Å². The smallest absolute Gasteiger partial charge is 0.413 e. The van der Waals surface area contributed by atoms with Crippen molar-refractivity contribution in [3.8, 4) is 0 Å². The highest BCUT2D eigenvalue weighted by Gasteiger charge is 2.16. The SMILES string of the molecule is COC(=O)Nc1nc2ccc(C3=NCCc4ccccc43)cc2[nH]1. The molecule has 2 aromatic carbocycles. The lowest BCUT2D eigenvalue weighted by molar-refractivity contribution is 0.186. The second kappa shape index (κ2) is 5.81. The Balaban J connectivity index is 1.73. The molecule has 2 heterocycles. The van der Waals surface area contributed by atoms with Crippen LogP contribution in [0.5, 0.6) is 0 Å². The number of hydrogen-bond donors (Lipinski definition) is 2. The molecule has 6 heteroatoms. The fraction of sp³-hybridized carbons (Fsp3) is 0.167. The number of ether oxygens (including phenoxy) is 1. The van der Waals surface area contributed by atoms with Crippen LogP contribution >= 0.6 is 0 Å². The van der Waals surface area contributed by atoms with Gasteiger partial charge < -0.3 is 9.72 Å². The first-order valence-corrected chi connectivity index (χ1v) is 7.72. The van der Waals surface area contributed by atoms with Gasteiger partial charge in [0.05, 0.1) is 23.9 Å². The largest absolute Gasteiger partial charge is 0.453 e. The highest BCUT2D eigenvalue weighted by molar-refractivity contribution is 6.15. The number of benzene rings is 2. The lowest BCUT2D eigenvalue weighted by Gasteiger charge is -2.16. The topological polar surface area (TPSA) is 79.4 Å². The molecule has 1 aliphatic rings. The van der Waals surface area contributed by atoms with Gasteiger partial charge in [0.15, 0.2) is 0 Å². The van der Waals surface area contributed by atoms with Crippen molar-refractivity contribution in [3.05, 3.63) is 59.2 Å². The van der Waals surface area contributed by atoms with Crippen LogP contribution in [0, 0.1) is 0 Å². The Hall–Kier alpha value is -3.15. The van der Waals surface area contributed by atoms with Crippen LogP contribution in [0.25, 0.3) is 11.0 Å². The number of H-pyrrole nitrogens is 1. The summed E-state index contributed by atoms with van der Waals surface area (Å²) in [5.74, 6) is 0.361. The average molecular weight is 320 g/mol. The van der Waals surface area contributed by atoms with Gasteiger partial charge in [-0.25, -0.2) is 9.78 Å². The van der Waals surface area contributed by atoms with Crippen LogP contribution in [-0.4, -0.2) is 35.4 Å². The zero-order valence-corrected chi connectivity index (χ0v) is 13.2. The van der Waals surface area contributed by atoms with Crippen molar-refractivity contribution >= 4 is 28.8 Å². The lowest BCUT2D eigenvalue weighted by atomic mass is 9.93. The second-order valence-corrected chi connectivity index (χ2v) is 5.57.